The summed E-state index contributed by atoms with van der Waals surface area (Å²) in [6.45, 7) is 4.44. The minimum Gasteiger partial charge on any atom is -0.340 e. The van der Waals surface area contributed by atoms with Crippen LogP contribution in [0.3, 0.4) is 0 Å². The Morgan fingerprint density at radius 3 is 2.70 bits per heavy atom. The van der Waals surface area contributed by atoms with Crippen LogP contribution in [0.15, 0.2) is 24.3 Å². The maximum absolute atomic E-state index is 13.0. The first-order valence-corrected chi connectivity index (χ1v) is 9.72. The molecule has 1 unspecified atom stereocenters. The number of fused-ring (bicyclic) bond motifs is 1. The third-order valence-corrected chi connectivity index (χ3v) is 6.42. The van der Waals surface area contributed by atoms with Gasteiger partial charge in [0.25, 0.3) is 5.91 Å². The summed E-state index contributed by atoms with van der Waals surface area (Å²) < 4.78 is 25.3. The second kappa shape index (κ2) is 5.67. The topological polar surface area (TPSA) is 59.4 Å². The molecule has 0 spiro atoms. The van der Waals surface area contributed by atoms with E-state index >= 15 is 0 Å². The van der Waals surface area contributed by atoms with Gasteiger partial charge in [0.15, 0.2) is 9.84 Å². The number of hydrogen-bond donors (Lipinski definition) is 0. The number of sulfone groups is 1. The molecule has 1 aliphatic heterocycles. The Bertz CT molecular complexity index is 867. The molecule has 0 bridgehead atoms. The molecule has 124 valence electrons. The number of carbonyl (C=O) groups excluding carboxylic acids is 1. The van der Waals surface area contributed by atoms with Crippen LogP contribution in [0.1, 0.15) is 29.4 Å². The molecule has 3 rings (SSSR count). The quantitative estimate of drug-likeness (QED) is 0.864. The first-order chi connectivity index (χ1) is 10.8. The molecule has 0 aliphatic carbocycles. The monoisotopic (exact) mass is 334 g/mol. The number of nitrogens with zero attached hydrogens (tertiary/aromatic N) is 2. The fourth-order valence-electron chi connectivity index (χ4n) is 3.41. The largest absolute Gasteiger partial charge is 0.340 e. The number of aromatic nitrogens is 1. The standard InChI is InChI=1S/C17H22N2O3S/c1-4-19(14-7-8-23(21,22)11-14)17(20)16-10-13-9-12(2)5-6-15(13)18(16)3/h5-6,9-10,14H,4,7-8,11H2,1-3H3. The van der Waals surface area contributed by atoms with Crippen LogP contribution in [-0.2, 0) is 16.9 Å². The fraction of sp³-hybridized carbons (Fsp3) is 0.471. The highest BCUT2D eigenvalue weighted by Gasteiger charge is 2.35. The molecule has 0 saturated carbocycles. The number of aryl methyl sites for hydroxylation is 2. The van der Waals surface area contributed by atoms with E-state index in [4.69, 9.17) is 0 Å². The first-order valence-electron chi connectivity index (χ1n) is 7.90. The predicted octanol–water partition coefficient (Wildman–Crippen LogP) is 2.14. The van der Waals surface area contributed by atoms with Crippen LogP contribution in [0.25, 0.3) is 10.9 Å². The van der Waals surface area contributed by atoms with E-state index in [1.807, 2.05) is 43.7 Å². The molecular formula is C17H22N2O3S. The van der Waals surface area contributed by atoms with Gasteiger partial charge in [-0.1, -0.05) is 11.6 Å². The second-order valence-corrected chi connectivity index (χ2v) is 8.53. The van der Waals surface area contributed by atoms with Crippen LogP contribution in [0, 0.1) is 6.92 Å². The lowest BCUT2D eigenvalue weighted by Crippen LogP contribution is -2.41. The van der Waals surface area contributed by atoms with Crippen LogP contribution in [0.4, 0.5) is 0 Å². The lowest BCUT2D eigenvalue weighted by molar-refractivity contribution is 0.0699. The summed E-state index contributed by atoms with van der Waals surface area (Å²) in [6, 6.07) is 7.78. The van der Waals surface area contributed by atoms with Gasteiger partial charge in [0, 0.05) is 30.5 Å². The summed E-state index contributed by atoms with van der Waals surface area (Å²) in [4.78, 5) is 14.7. The third kappa shape index (κ3) is 2.87. The van der Waals surface area contributed by atoms with E-state index in [0.717, 1.165) is 16.5 Å². The van der Waals surface area contributed by atoms with Crippen LogP contribution >= 0.6 is 0 Å². The predicted molar refractivity (Wildman–Crippen MR) is 91.4 cm³/mol. The summed E-state index contributed by atoms with van der Waals surface area (Å²) in [5, 5.41) is 1.03. The maximum atomic E-state index is 13.0. The van der Waals surface area contributed by atoms with E-state index in [9.17, 15) is 13.2 Å². The average Bonchev–Trinajstić information content (AvgIpc) is 3.00. The van der Waals surface area contributed by atoms with Gasteiger partial charge in [0.2, 0.25) is 0 Å². The van der Waals surface area contributed by atoms with Crippen molar-refractivity contribution < 1.29 is 13.2 Å². The SMILES string of the molecule is CCN(C(=O)c1cc2cc(C)ccc2n1C)C1CCS(=O)(=O)C1. The normalized spacial score (nSPS) is 20.0. The third-order valence-electron chi connectivity index (χ3n) is 4.67. The van der Waals surface area contributed by atoms with Crippen molar-refractivity contribution in [1.82, 2.24) is 9.47 Å². The Kier molecular flexibility index (Phi) is 3.96. The van der Waals surface area contributed by atoms with Crippen molar-refractivity contribution in [2.45, 2.75) is 26.3 Å². The van der Waals surface area contributed by atoms with Crippen molar-refractivity contribution in [3.05, 3.63) is 35.5 Å². The highest BCUT2D eigenvalue weighted by Crippen LogP contribution is 2.24. The van der Waals surface area contributed by atoms with Gasteiger partial charge >= 0.3 is 0 Å². The summed E-state index contributed by atoms with van der Waals surface area (Å²) >= 11 is 0. The van der Waals surface area contributed by atoms with Crippen molar-refractivity contribution in [2.75, 3.05) is 18.1 Å². The molecule has 2 aromatic rings. The van der Waals surface area contributed by atoms with Gasteiger partial charge in [-0.25, -0.2) is 8.42 Å². The molecular weight excluding hydrogens is 312 g/mol. The summed E-state index contributed by atoms with van der Waals surface area (Å²) in [5.41, 5.74) is 2.77. The molecule has 1 amide bonds. The zero-order chi connectivity index (χ0) is 16.8. The molecule has 6 heteroatoms. The van der Waals surface area contributed by atoms with Gasteiger partial charge in [-0.2, -0.15) is 0 Å². The number of hydrogen-bond acceptors (Lipinski definition) is 3. The molecule has 5 nitrogen and oxygen atoms in total. The minimum absolute atomic E-state index is 0.0790. The van der Waals surface area contributed by atoms with E-state index in [0.29, 0.717) is 18.7 Å². The molecule has 1 aromatic heterocycles. The molecule has 1 aromatic carbocycles. The zero-order valence-electron chi connectivity index (χ0n) is 13.7. The van der Waals surface area contributed by atoms with Crippen molar-refractivity contribution in [3.63, 3.8) is 0 Å². The van der Waals surface area contributed by atoms with Gasteiger partial charge in [-0.15, -0.1) is 0 Å². The van der Waals surface area contributed by atoms with E-state index in [1.54, 1.807) is 4.90 Å². The Morgan fingerprint density at radius 2 is 2.09 bits per heavy atom. The highest BCUT2D eigenvalue weighted by atomic mass is 32.2. The number of rotatable bonds is 3. The smallest absolute Gasteiger partial charge is 0.270 e. The van der Waals surface area contributed by atoms with Gasteiger partial charge in [0.1, 0.15) is 5.69 Å². The number of benzene rings is 1. The van der Waals surface area contributed by atoms with Crippen molar-refractivity contribution >= 4 is 26.6 Å². The molecule has 1 fully saturated rings. The summed E-state index contributed by atoms with van der Waals surface area (Å²) in [7, 11) is -1.13. The maximum Gasteiger partial charge on any atom is 0.270 e. The highest BCUT2D eigenvalue weighted by molar-refractivity contribution is 7.91. The van der Waals surface area contributed by atoms with Crippen LogP contribution in [0.2, 0.25) is 0 Å². The van der Waals surface area contributed by atoms with Gasteiger partial charge < -0.3 is 9.47 Å². The van der Waals surface area contributed by atoms with Crippen molar-refractivity contribution in [1.29, 1.82) is 0 Å². The molecule has 1 saturated heterocycles. The molecule has 1 aliphatic rings. The Labute approximate surface area is 136 Å². The van der Waals surface area contributed by atoms with Gasteiger partial charge in [0.05, 0.1) is 11.5 Å². The number of amides is 1. The Morgan fingerprint density at radius 1 is 1.35 bits per heavy atom. The summed E-state index contributed by atoms with van der Waals surface area (Å²) in [5.74, 6) is 0.164. The van der Waals surface area contributed by atoms with E-state index in [2.05, 4.69) is 6.07 Å². The molecule has 0 radical (unpaired) electrons. The van der Waals surface area contributed by atoms with Gasteiger partial charge in [-0.3, -0.25) is 4.79 Å². The average molecular weight is 334 g/mol. The Balaban J connectivity index is 1.97. The van der Waals surface area contributed by atoms with Crippen molar-refractivity contribution in [2.24, 2.45) is 7.05 Å². The molecule has 0 N–H and O–H groups in total. The zero-order valence-corrected chi connectivity index (χ0v) is 14.6. The first kappa shape index (κ1) is 16.1. The van der Waals surface area contributed by atoms with Crippen LogP contribution < -0.4 is 0 Å². The van der Waals surface area contributed by atoms with E-state index in [-0.39, 0.29) is 23.5 Å². The second-order valence-electron chi connectivity index (χ2n) is 6.30. The van der Waals surface area contributed by atoms with Crippen molar-refractivity contribution in [3.8, 4) is 0 Å². The van der Waals surface area contributed by atoms with E-state index in [1.165, 1.54) is 0 Å². The number of carbonyl (C=O) groups is 1. The van der Waals surface area contributed by atoms with Crippen LogP contribution in [0.5, 0.6) is 0 Å². The molecule has 23 heavy (non-hydrogen) atoms. The lowest BCUT2D eigenvalue weighted by Gasteiger charge is -2.27. The lowest BCUT2D eigenvalue weighted by atomic mass is 10.1. The fourth-order valence-corrected chi connectivity index (χ4v) is 5.14. The molecule has 1 atom stereocenters. The van der Waals surface area contributed by atoms with Gasteiger partial charge in [-0.05, 0) is 38.5 Å². The van der Waals surface area contributed by atoms with Crippen LogP contribution in [-0.4, -0.2) is 47.9 Å². The van der Waals surface area contributed by atoms with E-state index < -0.39 is 9.84 Å². The Hall–Kier alpha value is -1.82. The summed E-state index contributed by atoms with van der Waals surface area (Å²) in [6.07, 6.45) is 0.533. The molecule has 2 heterocycles. The minimum atomic E-state index is -3.01.